The van der Waals surface area contributed by atoms with Crippen LogP contribution in [0, 0.1) is 5.92 Å². The third-order valence-corrected chi connectivity index (χ3v) is 2.99. The number of nitrogens with two attached hydrogens (primary N) is 1. The molecule has 0 saturated heterocycles. The fourth-order valence-electron chi connectivity index (χ4n) is 1.94. The van der Waals surface area contributed by atoms with Gasteiger partial charge in [0.15, 0.2) is 0 Å². The van der Waals surface area contributed by atoms with Gasteiger partial charge in [0.05, 0.1) is 0 Å². The van der Waals surface area contributed by atoms with E-state index >= 15 is 0 Å². The number of hydrogen-bond acceptors (Lipinski definition) is 2. The quantitative estimate of drug-likeness (QED) is 0.644. The molecule has 3 N–H and O–H groups in total. The Morgan fingerprint density at radius 3 is 2.67 bits per heavy atom. The van der Waals surface area contributed by atoms with E-state index in [1.165, 1.54) is 25.7 Å². The summed E-state index contributed by atoms with van der Waals surface area (Å²) in [5.74, 6) is 0.876. The molecule has 3 heteroatoms. The van der Waals surface area contributed by atoms with Crippen molar-refractivity contribution in [3.05, 3.63) is 0 Å². The number of rotatable bonds is 8. The van der Waals surface area contributed by atoms with Crippen LogP contribution >= 0.6 is 0 Å². The van der Waals surface area contributed by atoms with E-state index in [-0.39, 0.29) is 5.91 Å². The maximum atomic E-state index is 11.5. The van der Waals surface area contributed by atoms with Gasteiger partial charge in [0.1, 0.15) is 0 Å². The van der Waals surface area contributed by atoms with Crippen LogP contribution in [0.25, 0.3) is 0 Å². The second-order valence-corrected chi connectivity index (χ2v) is 4.61. The van der Waals surface area contributed by atoms with Crippen molar-refractivity contribution in [1.82, 2.24) is 5.32 Å². The van der Waals surface area contributed by atoms with Crippen molar-refractivity contribution < 1.29 is 4.79 Å². The van der Waals surface area contributed by atoms with E-state index < -0.39 is 0 Å². The third kappa shape index (κ3) is 5.78. The normalized spacial score (nSPS) is 17.5. The van der Waals surface area contributed by atoms with Crippen LogP contribution in [-0.4, -0.2) is 18.5 Å². The number of carbonyl (C=O) groups excluding carboxylic acids is 1. The molecule has 1 atom stereocenters. The average Bonchev–Trinajstić information content (AvgIpc) is 2.99. The molecule has 0 aromatic rings. The highest BCUT2D eigenvalue weighted by Gasteiger charge is 2.23. The maximum absolute atomic E-state index is 11.5. The molecular weight excluding hydrogens is 188 g/mol. The molecule has 3 nitrogen and oxygen atoms in total. The maximum Gasteiger partial charge on any atom is 0.220 e. The number of carbonyl (C=O) groups is 1. The Bertz CT molecular complexity index is 184. The molecule has 1 amide bonds. The lowest BCUT2D eigenvalue weighted by atomic mass is 9.94. The van der Waals surface area contributed by atoms with Crippen molar-refractivity contribution in [1.29, 1.82) is 0 Å². The van der Waals surface area contributed by atoms with Crippen molar-refractivity contribution in [2.24, 2.45) is 11.7 Å². The van der Waals surface area contributed by atoms with Gasteiger partial charge in [-0.05, 0) is 38.1 Å². The van der Waals surface area contributed by atoms with Gasteiger partial charge in [-0.25, -0.2) is 0 Å². The molecule has 0 aromatic heterocycles. The number of amides is 1. The van der Waals surface area contributed by atoms with Gasteiger partial charge < -0.3 is 11.1 Å². The first-order valence-corrected chi connectivity index (χ1v) is 6.25. The molecule has 1 aliphatic carbocycles. The first kappa shape index (κ1) is 12.5. The Balaban J connectivity index is 2.10. The summed E-state index contributed by atoms with van der Waals surface area (Å²) in [6, 6.07) is 0.497. The minimum atomic E-state index is 0.232. The fourth-order valence-corrected chi connectivity index (χ4v) is 1.94. The lowest BCUT2D eigenvalue weighted by molar-refractivity contribution is -0.121. The van der Waals surface area contributed by atoms with E-state index in [1.54, 1.807) is 0 Å². The van der Waals surface area contributed by atoms with E-state index in [1.807, 2.05) is 0 Å². The van der Waals surface area contributed by atoms with Gasteiger partial charge in [0, 0.05) is 12.5 Å². The molecule has 0 heterocycles. The highest BCUT2D eigenvalue weighted by Crippen LogP contribution is 2.20. The molecule has 15 heavy (non-hydrogen) atoms. The summed E-state index contributed by atoms with van der Waals surface area (Å²) in [4.78, 5) is 11.5. The summed E-state index contributed by atoms with van der Waals surface area (Å²) in [5, 5.41) is 3.02. The lowest BCUT2D eigenvalue weighted by Gasteiger charge is -2.14. The largest absolute Gasteiger partial charge is 0.353 e. The molecule has 1 fully saturated rings. The topological polar surface area (TPSA) is 55.1 Å². The average molecular weight is 212 g/mol. The summed E-state index contributed by atoms with van der Waals surface area (Å²) >= 11 is 0. The highest BCUT2D eigenvalue weighted by molar-refractivity contribution is 5.76. The van der Waals surface area contributed by atoms with Crippen LogP contribution in [0.2, 0.25) is 0 Å². The predicted octanol–water partition coefficient (Wildman–Crippen LogP) is 1.81. The minimum Gasteiger partial charge on any atom is -0.353 e. The van der Waals surface area contributed by atoms with Crippen LogP contribution in [0.3, 0.4) is 0 Å². The third-order valence-electron chi connectivity index (χ3n) is 2.99. The number of nitrogens with one attached hydrogen (secondary N) is 1. The fraction of sp³-hybridized carbons (Fsp3) is 0.917. The van der Waals surface area contributed by atoms with Crippen LogP contribution < -0.4 is 11.1 Å². The second-order valence-electron chi connectivity index (χ2n) is 4.61. The van der Waals surface area contributed by atoms with E-state index in [0.717, 1.165) is 19.4 Å². The first-order chi connectivity index (χ1) is 7.26. The molecule has 88 valence electrons. The molecule has 0 aliphatic heterocycles. The Morgan fingerprint density at radius 1 is 1.40 bits per heavy atom. The summed E-state index contributed by atoms with van der Waals surface area (Å²) in [6.45, 7) is 2.93. The summed E-state index contributed by atoms with van der Waals surface area (Å²) < 4.78 is 0. The number of hydrogen-bond donors (Lipinski definition) is 2. The van der Waals surface area contributed by atoms with E-state index in [4.69, 9.17) is 5.73 Å². The van der Waals surface area contributed by atoms with Crippen LogP contribution in [-0.2, 0) is 4.79 Å². The highest BCUT2D eigenvalue weighted by atomic mass is 16.1. The van der Waals surface area contributed by atoms with Crippen molar-refractivity contribution >= 4 is 5.91 Å². The molecule has 0 bridgehead atoms. The van der Waals surface area contributed by atoms with Crippen molar-refractivity contribution in [3.8, 4) is 0 Å². The molecule has 1 unspecified atom stereocenters. The zero-order valence-corrected chi connectivity index (χ0v) is 9.80. The van der Waals surface area contributed by atoms with Gasteiger partial charge >= 0.3 is 0 Å². The van der Waals surface area contributed by atoms with Crippen molar-refractivity contribution in [2.45, 2.75) is 57.9 Å². The van der Waals surface area contributed by atoms with Gasteiger partial charge in [-0.15, -0.1) is 0 Å². The molecular formula is C12H24N2O. The van der Waals surface area contributed by atoms with Gasteiger partial charge in [-0.2, -0.15) is 0 Å². The molecule has 1 aliphatic rings. The molecule has 1 saturated carbocycles. The van der Waals surface area contributed by atoms with Crippen LogP contribution in [0.1, 0.15) is 51.9 Å². The Kier molecular flexibility index (Phi) is 5.69. The lowest BCUT2D eigenvalue weighted by Crippen LogP contribution is -2.25. The molecule has 0 radical (unpaired) electrons. The van der Waals surface area contributed by atoms with Gasteiger partial charge in [-0.1, -0.05) is 19.8 Å². The van der Waals surface area contributed by atoms with Crippen LogP contribution in [0.5, 0.6) is 0 Å². The molecule has 0 aromatic carbocycles. The zero-order chi connectivity index (χ0) is 11.1. The Hall–Kier alpha value is -0.570. The Morgan fingerprint density at radius 2 is 2.13 bits per heavy atom. The van der Waals surface area contributed by atoms with Gasteiger partial charge in [0.25, 0.3) is 0 Å². The SMILES string of the molecule is CCCC(CCN)CCC(=O)NC1CC1. The van der Waals surface area contributed by atoms with E-state index in [9.17, 15) is 4.79 Å². The van der Waals surface area contributed by atoms with Crippen LogP contribution in [0.4, 0.5) is 0 Å². The van der Waals surface area contributed by atoms with Gasteiger partial charge in [-0.3, -0.25) is 4.79 Å². The zero-order valence-electron chi connectivity index (χ0n) is 9.80. The summed E-state index contributed by atoms with van der Waals surface area (Å²) in [6.07, 6.45) is 7.48. The predicted molar refractivity (Wildman–Crippen MR) is 62.5 cm³/mol. The smallest absolute Gasteiger partial charge is 0.220 e. The van der Waals surface area contributed by atoms with Crippen molar-refractivity contribution in [3.63, 3.8) is 0 Å². The Labute approximate surface area is 92.8 Å². The van der Waals surface area contributed by atoms with E-state index in [2.05, 4.69) is 12.2 Å². The monoisotopic (exact) mass is 212 g/mol. The van der Waals surface area contributed by atoms with Gasteiger partial charge in [0.2, 0.25) is 5.91 Å². The molecule has 1 rings (SSSR count). The van der Waals surface area contributed by atoms with E-state index in [0.29, 0.717) is 18.4 Å². The minimum absolute atomic E-state index is 0.232. The first-order valence-electron chi connectivity index (χ1n) is 6.25. The summed E-state index contributed by atoms with van der Waals surface area (Å²) in [5.41, 5.74) is 5.56. The van der Waals surface area contributed by atoms with Crippen molar-refractivity contribution in [2.75, 3.05) is 6.54 Å². The molecule has 0 spiro atoms. The summed E-state index contributed by atoms with van der Waals surface area (Å²) in [7, 11) is 0. The second kappa shape index (κ2) is 6.83. The standard InChI is InChI=1S/C12H24N2O/c1-2-3-10(8-9-13)4-7-12(15)14-11-5-6-11/h10-11H,2-9,13H2,1H3,(H,14,15). The van der Waals surface area contributed by atoms with Crippen LogP contribution in [0.15, 0.2) is 0 Å².